The van der Waals surface area contributed by atoms with Crippen LogP contribution in [-0.2, 0) is 4.74 Å². The van der Waals surface area contributed by atoms with Crippen molar-refractivity contribution in [2.45, 2.75) is 24.5 Å². The normalized spacial score (nSPS) is 25.0. The van der Waals surface area contributed by atoms with E-state index in [2.05, 4.69) is 19.9 Å². The highest BCUT2D eigenvalue weighted by atomic mass is 19.1. The number of ether oxygens (including phenoxy) is 1. The molecule has 0 amide bonds. The molecule has 4 aliphatic rings. The Kier molecular flexibility index (Phi) is 3.39. The lowest BCUT2D eigenvalue weighted by Gasteiger charge is -2.58. The molecule has 2 aromatic heterocycles. The molecule has 4 aliphatic heterocycles. The van der Waals surface area contributed by atoms with E-state index in [1.807, 2.05) is 0 Å². The van der Waals surface area contributed by atoms with Gasteiger partial charge in [0.15, 0.2) is 5.65 Å². The molecule has 7 rings (SSSR count). The number of halogens is 1. The number of nitrogens with zero attached hydrogens (tertiary/aromatic N) is 6. The van der Waals surface area contributed by atoms with Crippen LogP contribution in [0.15, 0.2) is 30.6 Å². The van der Waals surface area contributed by atoms with Crippen LogP contribution >= 0.6 is 0 Å². The first kappa shape index (κ1) is 16.2. The molecular weight excluding hydrogens is 363 g/mol. The summed E-state index contributed by atoms with van der Waals surface area (Å²) < 4.78 is 20.2. The Hall–Kier alpha value is -2.78. The number of rotatable bonds is 3. The van der Waals surface area contributed by atoms with Gasteiger partial charge in [0.05, 0.1) is 30.8 Å². The number of piperidine rings is 1. The number of piperazine rings is 1. The van der Waals surface area contributed by atoms with Crippen LogP contribution in [-0.4, -0.2) is 74.2 Å². The summed E-state index contributed by atoms with van der Waals surface area (Å²) in [6, 6.07) is 5.24. The standard InChI is InChI=1S/C19H19FN6O2/c20-12-1-2-16(17(27)3-12)26-18-11(6-22-26)5-21-19(23-18)25-13-4-14(25)8-24(7-13)15-9-28-10-15/h1-3,5-6,13-15,27H,4,7-10H2. The summed E-state index contributed by atoms with van der Waals surface area (Å²) in [7, 11) is 0. The van der Waals surface area contributed by atoms with Crippen molar-refractivity contribution in [2.75, 3.05) is 31.2 Å². The topological polar surface area (TPSA) is 79.5 Å². The first-order valence-electron chi connectivity index (χ1n) is 9.47. The third kappa shape index (κ3) is 2.33. The SMILES string of the molecule is Oc1cc(F)ccc1-n1ncc2cnc(N3C4CC3CN(C3COC3)C4)nc21. The molecule has 9 heteroatoms. The van der Waals surface area contributed by atoms with Crippen molar-refractivity contribution in [2.24, 2.45) is 0 Å². The minimum absolute atomic E-state index is 0.177. The van der Waals surface area contributed by atoms with E-state index < -0.39 is 5.82 Å². The molecular formula is C19H19FN6O2. The second kappa shape index (κ2) is 5.86. The molecule has 2 atom stereocenters. The maximum absolute atomic E-state index is 13.3. The summed E-state index contributed by atoms with van der Waals surface area (Å²) in [5.41, 5.74) is 0.988. The van der Waals surface area contributed by atoms with E-state index in [-0.39, 0.29) is 5.75 Å². The summed E-state index contributed by atoms with van der Waals surface area (Å²) in [5.74, 6) is 0.00815. The number of hydrogen-bond donors (Lipinski definition) is 1. The molecule has 3 aromatic rings. The summed E-state index contributed by atoms with van der Waals surface area (Å²) >= 11 is 0. The van der Waals surface area contributed by atoms with Gasteiger partial charge in [0, 0.05) is 37.4 Å². The lowest BCUT2D eigenvalue weighted by Crippen LogP contribution is -2.72. The summed E-state index contributed by atoms with van der Waals surface area (Å²) in [4.78, 5) is 14.1. The van der Waals surface area contributed by atoms with Crippen LogP contribution < -0.4 is 4.90 Å². The lowest BCUT2D eigenvalue weighted by atomic mass is 9.86. The van der Waals surface area contributed by atoms with Crippen molar-refractivity contribution in [3.05, 3.63) is 36.4 Å². The second-order valence-corrected chi connectivity index (χ2v) is 7.73. The summed E-state index contributed by atoms with van der Waals surface area (Å²) in [5, 5.41) is 15.2. The molecule has 4 fully saturated rings. The highest BCUT2D eigenvalue weighted by molar-refractivity contribution is 5.77. The Bertz CT molecular complexity index is 1060. The Morgan fingerprint density at radius 2 is 1.93 bits per heavy atom. The van der Waals surface area contributed by atoms with Gasteiger partial charge in [-0.25, -0.2) is 14.1 Å². The molecule has 144 valence electrons. The van der Waals surface area contributed by atoms with E-state index >= 15 is 0 Å². The molecule has 1 aromatic carbocycles. The molecule has 0 radical (unpaired) electrons. The minimum Gasteiger partial charge on any atom is -0.506 e. The minimum atomic E-state index is -0.497. The van der Waals surface area contributed by atoms with Crippen LogP contribution in [0.2, 0.25) is 0 Å². The van der Waals surface area contributed by atoms with Crippen LogP contribution in [0.25, 0.3) is 16.7 Å². The summed E-state index contributed by atoms with van der Waals surface area (Å²) in [6.07, 6.45) is 4.56. The van der Waals surface area contributed by atoms with Crippen molar-refractivity contribution in [1.29, 1.82) is 0 Å². The van der Waals surface area contributed by atoms with Crippen molar-refractivity contribution in [3.8, 4) is 11.4 Å². The number of hydrogen-bond acceptors (Lipinski definition) is 7. The van der Waals surface area contributed by atoms with Gasteiger partial charge in [0.2, 0.25) is 5.95 Å². The molecule has 1 N–H and O–H groups in total. The number of phenolic OH excluding ortho intramolecular Hbond substituents is 1. The van der Waals surface area contributed by atoms with Gasteiger partial charge in [-0.05, 0) is 18.6 Å². The van der Waals surface area contributed by atoms with Crippen LogP contribution in [0.4, 0.5) is 10.3 Å². The fourth-order valence-electron chi connectivity index (χ4n) is 4.49. The van der Waals surface area contributed by atoms with Crippen molar-refractivity contribution in [1.82, 2.24) is 24.6 Å². The molecule has 4 saturated heterocycles. The fourth-order valence-corrected chi connectivity index (χ4v) is 4.49. The van der Waals surface area contributed by atoms with E-state index in [1.54, 1.807) is 12.4 Å². The molecule has 28 heavy (non-hydrogen) atoms. The molecule has 0 aliphatic carbocycles. The van der Waals surface area contributed by atoms with E-state index in [0.717, 1.165) is 44.2 Å². The molecule has 8 nitrogen and oxygen atoms in total. The zero-order chi connectivity index (χ0) is 18.8. The highest BCUT2D eigenvalue weighted by Gasteiger charge is 2.48. The maximum atomic E-state index is 13.3. The average Bonchev–Trinajstić information content (AvgIpc) is 3.03. The number of aromatic hydroxyl groups is 1. The number of phenols is 1. The first-order chi connectivity index (χ1) is 13.7. The smallest absolute Gasteiger partial charge is 0.227 e. The third-order valence-electron chi connectivity index (χ3n) is 6.05. The number of benzene rings is 1. The van der Waals surface area contributed by atoms with Gasteiger partial charge in [0.1, 0.15) is 17.3 Å². The first-order valence-corrected chi connectivity index (χ1v) is 9.47. The lowest BCUT2D eigenvalue weighted by molar-refractivity contribution is -0.0848. The zero-order valence-electron chi connectivity index (χ0n) is 15.1. The Balaban J connectivity index is 1.33. The van der Waals surface area contributed by atoms with Gasteiger partial charge < -0.3 is 14.7 Å². The van der Waals surface area contributed by atoms with Gasteiger partial charge in [0.25, 0.3) is 0 Å². The Morgan fingerprint density at radius 3 is 2.64 bits per heavy atom. The molecule has 0 spiro atoms. The molecule has 2 bridgehead atoms. The van der Waals surface area contributed by atoms with Crippen molar-refractivity contribution in [3.63, 3.8) is 0 Å². The van der Waals surface area contributed by atoms with E-state index in [1.165, 1.54) is 16.8 Å². The maximum Gasteiger partial charge on any atom is 0.227 e. The largest absolute Gasteiger partial charge is 0.506 e. The average molecular weight is 382 g/mol. The van der Waals surface area contributed by atoms with Crippen molar-refractivity contribution < 1.29 is 14.2 Å². The number of anilines is 1. The fraction of sp³-hybridized carbons (Fsp3) is 0.421. The van der Waals surface area contributed by atoms with Crippen LogP contribution in [0.3, 0.4) is 0 Å². The van der Waals surface area contributed by atoms with Crippen molar-refractivity contribution >= 4 is 17.0 Å². The van der Waals surface area contributed by atoms with Gasteiger partial charge in [-0.2, -0.15) is 10.1 Å². The molecule has 6 heterocycles. The van der Waals surface area contributed by atoms with E-state index in [4.69, 9.17) is 9.72 Å². The zero-order valence-corrected chi connectivity index (χ0v) is 15.1. The summed E-state index contributed by atoms with van der Waals surface area (Å²) in [6.45, 7) is 3.68. The van der Waals surface area contributed by atoms with E-state index in [9.17, 15) is 9.50 Å². The van der Waals surface area contributed by atoms with Crippen LogP contribution in [0, 0.1) is 5.82 Å². The predicted molar refractivity (Wildman–Crippen MR) is 99.1 cm³/mol. The second-order valence-electron chi connectivity index (χ2n) is 7.73. The predicted octanol–water partition coefficient (Wildman–Crippen LogP) is 1.32. The van der Waals surface area contributed by atoms with Gasteiger partial charge in [-0.15, -0.1) is 0 Å². The van der Waals surface area contributed by atoms with Gasteiger partial charge in [-0.1, -0.05) is 0 Å². The monoisotopic (exact) mass is 382 g/mol. The number of fused-ring (bicyclic) bond motifs is 3. The van der Waals surface area contributed by atoms with Gasteiger partial charge in [-0.3, -0.25) is 4.90 Å². The Morgan fingerprint density at radius 1 is 1.11 bits per heavy atom. The highest BCUT2D eigenvalue weighted by Crippen LogP contribution is 2.37. The van der Waals surface area contributed by atoms with Crippen LogP contribution in [0.5, 0.6) is 5.75 Å². The quantitative estimate of drug-likeness (QED) is 0.732. The number of aromatic nitrogens is 4. The van der Waals surface area contributed by atoms with E-state index in [0.29, 0.717) is 35.4 Å². The van der Waals surface area contributed by atoms with Crippen LogP contribution in [0.1, 0.15) is 6.42 Å². The molecule has 2 unspecified atom stereocenters. The van der Waals surface area contributed by atoms with Gasteiger partial charge >= 0.3 is 0 Å². The Labute approximate surface area is 160 Å². The third-order valence-corrected chi connectivity index (χ3v) is 6.05. The molecule has 0 saturated carbocycles.